The van der Waals surface area contributed by atoms with Crippen LogP contribution in [0.1, 0.15) is 44.6 Å². The van der Waals surface area contributed by atoms with Gasteiger partial charge in [-0.3, -0.25) is 0 Å². The van der Waals surface area contributed by atoms with Crippen molar-refractivity contribution >= 4 is 0 Å². The zero-order valence-corrected chi connectivity index (χ0v) is 13.3. The molecule has 2 unspecified atom stereocenters. The van der Waals surface area contributed by atoms with Crippen molar-refractivity contribution in [3.8, 4) is 5.88 Å². The van der Waals surface area contributed by atoms with Gasteiger partial charge in [0.05, 0.1) is 13.2 Å². The smallest absolute Gasteiger partial charge is 0.212 e. The van der Waals surface area contributed by atoms with E-state index in [1.54, 1.807) is 7.11 Å². The van der Waals surface area contributed by atoms with E-state index in [0.717, 1.165) is 19.6 Å². The summed E-state index contributed by atoms with van der Waals surface area (Å²) in [4.78, 5) is 4.28. The highest BCUT2D eigenvalue weighted by Crippen LogP contribution is 2.19. The summed E-state index contributed by atoms with van der Waals surface area (Å²) in [5.41, 5.74) is 1.26. The molecular formula is C17H28N2O2. The Balaban J connectivity index is 1.76. The number of nitrogens with zero attached hydrogens (tertiary/aromatic N) is 1. The van der Waals surface area contributed by atoms with E-state index in [2.05, 4.69) is 23.3 Å². The maximum absolute atomic E-state index is 5.69. The molecule has 2 atom stereocenters. The van der Waals surface area contributed by atoms with Gasteiger partial charge >= 0.3 is 0 Å². The number of hydrogen-bond acceptors (Lipinski definition) is 4. The highest BCUT2D eigenvalue weighted by Gasteiger charge is 2.16. The summed E-state index contributed by atoms with van der Waals surface area (Å²) in [6.07, 6.45) is 9.55. The molecule has 21 heavy (non-hydrogen) atoms. The fourth-order valence-corrected chi connectivity index (χ4v) is 2.97. The molecule has 118 valence electrons. The van der Waals surface area contributed by atoms with Gasteiger partial charge in [-0.25, -0.2) is 4.98 Å². The fourth-order valence-electron chi connectivity index (χ4n) is 2.97. The molecule has 2 rings (SSSR count). The monoisotopic (exact) mass is 292 g/mol. The van der Waals surface area contributed by atoms with Gasteiger partial charge in [0, 0.05) is 24.9 Å². The Kier molecular flexibility index (Phi) is 6.96. The Morgan fingerprint density at radius 1 is 1.48 bits per heavy atom. The Morgan fingerprint density at radius 2 is 2.38 bits per heavy atom. The van der Waals surface area contributed by atoms with Crippen LogP contribution in [0.2, 0.25) is 0 Å². The molecule has 1 aromatic heterocycles. The average Bonchev–Trinajstić information content (AvgIpc) is 3.01. The first-order chi connectivity index (χ1) is 10.3. The van der Waals surface area contributed by atoms with Crippen LogP contribution in [-0.4, -0.2) is 37.4 Å². The van der Waals surface area contributed by atoms with Gasteiger partial charge < -0.3 is 14.8 Å². The van der Waals surface area contributed by atoms with Crippen LogP contribution in [0.25, 0.3) is 0 Å². The predicted molar refractivity (Wildman–Crippen MR) is 84.8 cm³/mol. The molecule has 0 aliphatic carbocycles. The zero-order valence-electron chi connectivity index (χ0n) is 13.3. The van der Waals surface area contributed by atoms with E-state index < -0.39 is 0 Å². The van der Waals surface area contributed by atoms with Gasteiger partial charge in [0.1, 0.15) is 0 Å². The number of methoxy groups -OCH3 is 1. The second kappa shape index (κ2) is 9.00. The molecule has 0 spiro atoms. The summed E-state index contributed by atoms with van der Waals surface area (Å²) in [5.74, 6) is 0.678. The van der Waals surface area contributed by atoms with Gasteiger partial charge in [-0.2, -0.15) is 0 Å². The van der Waals surface area contributed by atoms with E-state index in [4.69, 9.17) is 9.47 Å². The summed E-state index contributed by atoms with van der Waals surface area (Å²) in [6.45, 7) is 4.13. The largest absolute Gasteiger partial charge is 0.481 e. The van der Waals surface area contributed by atoms with Crippen LogP contribution < -0.4 is 10.1 Å². The molecule has 1 fully saturated rings. The lowest BCUT2D eigenvalue weighted by atomic mass is 10.00. The number of ether oxygens (including phenoxy) is 2. The third-order valence-electron chi connectivity index (χ3n) is 4.08. The van der Waals surface area contributed by atoms with Crippen LogP contribution in [0.15, 0.2) is 18.3 Å². The molecule has 1 N–H and O–H groups in total. The molecule has 2 heterocycles. The molecule has 4 nitrogen and oxygen atoms in total. The molecule has 1 aromatic rings. The number of hydrogen-bond donors (Lipinski definition) is 1. The second-order valence-corrected chi connectivity index (χ2v) is 5.73. The van der Waals surface area contributed by atoms with Gasteiger partial charge in [-0.05, 0) is 50.6 Å². The Labute approximate surface area is 128 Å². The molecule has 0 saturated carbocycles. The maximum Gasteiger partial charge on any atom is 0.212 e. The molecule has 0 amide bonds. The van der Waals surface area contributed by atoms with E-state index in [-0.39, 0.29) is 0 Å². The average molecular weight is 292 g/mol. The minimum absolute atomic E-state index is 0.509. The SMILES string of the molecule is CCNC(CCCC1CCCO1)Cc1ccc(OC)nc1. The molecular weight excluding hydrogens is 264 g/mol. The summed E-state index contributed by atoms with van der Waals surface area (Å²) in [5, 5.41) is 3.59. The highest BCUT2D eigenvalue weighted by molar-refractivity contribution is 5.18. The number of likely N-dealkylation sites (N-methyl/N-ethyl adjacent to an activating group) is 1. The molecule has 1 aliphatic heterocycles. The van der Waals surface area contributed by atoms with Crippen LogP contribution in [0.5, 0.6) is 5.88 Å². The fraction of sp³-hybridized carbons (Fsp3) is 0.706. The molecule has 0 bridgehead atoms. The number of nitrogens with one attached hydrogen (secondary N) is 1. The summed E-state index contributed by atoms with van der Waals surface area (Å²) in [6, 6.07) is 4.56. The molecule has 1 saturated heterocycles. The number of pyridine rings is 1. The van der Waals surface area contributed by atoms with Crippen molar-refractivity contribution in [1.82, 2.24) is 10.3 Å². The molecule has 0 aromatic carbocycles. The van der Waals surface area contributed by atoms with Gasteiger partial charge in [0.15, 0.2) is 0 Å². The van der Waals surface area contributed by atoms with Gasteiger partial charge in [-0.15, -0.1) is 0 Å². The van der Waals surface area contributed by atoms with E-state index >= 15 is 0 Å². The Hall–Kier alpha value is -1.13. The quantitative estimate of drug-likeness (QED) is 0.760. The minimum atomic E-state index is 0.509. The normalized spacial score (nSPS) is 19.6. The first-order valence-corrected chi connectivity index (χ1v) is 8.15. The van der Waals surface area contributed by atoms with E-state index in [1.807, 2.05) is 12.3 Å². The third kappa shape index (κ3) is 5.64. The predicted octanol–water partition coefficient (Wildman–Crippen LogP) is 2.96. The summed E-state index contributed by atoms with van der Waals surface area (Å²) >= 11 is 0. The van der Waals surface area contributed by atoms with Crippen molar-refractivity contribution in [1.29, 1.82) is 0 Å². The van der Waals surface area contributed by atoms with E-state index in [1.165, 1.54) is 37.7 Å². The first kappa shape index (κ1) is 16.2. The summed E-state index contributed by atoms with van der Waals surface area (Å²) < 4.78 is 10.8. The Morgan fingerprint density at radius 3 is 3.00 bits per heavy atom. The topological polar surface area (TPSA) is 43.4 Å². The standard InChI is InChI=1S/C17H28N2O2/c1-3-18-15(6-4-7-16-8-5-11-21-16)12-14-9-10-17(20-2)19-13-14/h9-10,13,15-16,18H,3-8,11-12H2,1-2H3. The van der Waals surface area contributed by atoms with Crippen LogP contribution in [0, 0.1) is 0 Å². The lowest BCUT2D eigenvalue weighted by molar-refractivity contribution is 0.101. The number of rotatable bonds is 9. The zero-order chi connectivity index (χ0) is 14.9. The number of aromatic nitrogens is 1. The van der Waals surface area contributed by atoms with Crippen molar-refractivity contribution in [3.63, 3.8) is 0 Å². The first-order valence-electron chi connectivity index (χ1n) is 8.15. The highest BCUT2D eigenvalue weighted by atomic mass is 16.5. The minimum Gasteiger partial charge on any atom is -0.481 e. The van der Waals surface area contributed by atoms with E-state index in [0.29, 0.717) is 18.0 Å². The Bertz CT molecular complexity index is 388. The van der Waals surface area contributed by atoms with Gasteiger partial charge in [-0.1, -0.05) is 13.0 Å². The van der Waals surface area contributed by atoms with Crippen LogP contribution in [-0.2, 0) is 11.2 Å². The third-order valence-corrected chi connectivity index (χ3v) is 4.08. The van der Waals surface area contributed by atoms with E-state index in [9.17, 15) is 0 Å². The van der Waals surface area contributed by atoms with Crippen LogP contribution >= 0.6 is 0 Å². The molecule has 1 aliphatic rings. The summed E-state index contributed by atoms with van der Waals surface area (Å²) in [7, 11) is 1.65. The van der Waals surface area contributed by atoms with Crippen LogP contribution in [0.3, 0.4) is 0 Å². The van der Waals surface area contributed by atoms with Crippen molar-refractivity contribution in [3.05, 3.63) is 23.9 Å². The van der Waals surface area contributed by atoms with Crippen molar-refractivity contribution in [2.45, 2.75) is 57.6 Å². The lowest BCUT2D eigenvalue weighted by Gasteiger charge is -2.19. The van der Waals surface area contributed by atoms with Crippen molar-refractivity contribution < 1.29 is 9.47 Å². The molecule has 0 radical (unpaired) electrons. The van der Waals surface area contributed by atoms with Gasteiger partial charge in [0.2, 0.25) is 5.88 Å². The molecule has 4 heteroatoms. The maximum atomic E-state index is 5.69. The van der Waals surface area contributed by atoms with Crippen molar-refractivity contribution in [2.24, 2.45) is 0 Å². The van der Waals surface area contributed by atoms with Crippen LogP contribution in [0.4, 0.5) is 0 Å². The van der Waals surface area contributed by atoms with Gasteiger partial charge in [0.25, 0.3) is 0 Å². The second-order valence-electron chi connectivity index (χ2n) is 5.73. The lowest BCUT2D eigenvalue weighted by Crippen LogP contribution is -2.31. The van der Waals surface area contributed by atoms with Crippen molar-refractivity contribution in [2.75, 3.05) is 20.3 Å².